The van der Waals surface area contributed by atoms with Gasteiger partial charge in [0, 0.05) is 6.92 Å². The molecule has 2 heterocycles. The van der Waals surface area contributed by atoms with Gasteiger partial charge in [0.1, 0.15) is 5.75 Å². The summed E-state index contributed by atoms with van der Waals surface area (Å²) in [4.78, 5) is 27.0. The summed E-state index contributed by atoms with van der Waals surface area (Å²) in [7, 11) is 0. The molecule has 0 radical (unpaired) electrons. The molecule has 0 atom stereocenters. The van der Waals surface area contributed by atoms with Crippen molar-refractivity contribution >= 4 is 39.8 Å². The Kier molecular flexibility index (Phi) is 4.12. The van der Waals surface area contributed by atoms with Gasteiger partial charge in [-0.2, -0.15) is 0 Å². The Balaban J connectivity index is 1.88. The van der Waals surface area contributed by atoms with Crippen LogP contribution in [0.2, 0.25) is 0 Å². The van der Waals surface area contributed by atoms with Crippen LogP contribution in [0.3, 0.4) is 0 Å². The number of carbonyl (C=O) groups excluding carboxylic acids is 2. The van der Waals surface area contributed by atoms with E-state index in [2.05, 4.69) is 20.9 Å². The zero-order chi connectivity index (χ0) is 16.4. The second-order valence-corrected chi connectivity index (χ2v) is 5.39. The summed E-state index contributed by atoms with van der Waals surface area (Å²) in [5.41, 5.74) is 0.786. The van der Waals surface area contributed by atoms with Crippen LogP contribution in [0.25, 0.3) is 6.08 Å². The Morgan fingerprint density at radius 1 is 1.30 bits per heavy atom. The van der Waals surface area contributed by atoms with Crippen LogP contribution in [0, 0.1) is 0 Å². The molecule has 6 nitrogen and oxygen atoms in total. The molecule has 0 saturated heterocycles. The molecule has 1 aliphatic heterocycles. The third kappa shape index (κ3) is 3.57. The summed E-state index contributed by atoms with van der Waals surface area (Å²) >= 11 is 3.17. The van der Waals surface area contributed by atoms with Gasteiger partial charge in [-0.3, -0.25) is 4.79 Å². The molecule has 0 saturated carbocycles. The molecule has 23 heavy (non-hydrogen) atoms. The summed E-state index contributed by atoms with van der Waals surface area (Å²) in [6.45, 7) is 1.32. The minimum absolute atomic E-state index is 0.100. The average molecular weight is 376 g/mol. The number of furan rings is 1. The molecule has 0 N–H and O–H groups in total. The molecule has 1 aliphatic rings. The quantitative estimate of drug-likeness (QED) is 0.467. The molecule has 7 heteroatoms. The monoisotopic (exact) mass is 375 g/mol. The molecular formula is C16H10BrNO5. The summed E-state index contributed by atoms with van der Waals surface area (Å²) in [5, 5.41) is 0. The highest BCUT2D eigenvalue weighted by Gasteiger charge is 2.26. The van der Waals surface area contributed by atoms with Crippen LogP contribution >= 0.6 is 15.9 Å². The maximum atomic E-state index is 11.9. The highest BCUT2D eigenvalue weighted by Crippen LogP contribution is 2.23. The molecule has 0 spiro atoms. The number of halogens is 1. The normalized spacial score (nSPS) is 15.5. The lowest BCUT2D eigenvalue weighted by Crippen LogP contribution is -2.04. The molecule has 116 valence electrons. The van der Waals surface area contributed by atoms with Crippen LogP contribution in [0.15, 0.2) is 56.2 Å². The lowest BCUT2D eigenvalue weighted by atomic mass is 10.2. The largest absolute Gasteiger partial charge is 0.444 e. The zero-order valence-electron chi connectivity index (χ0n) is 11.9. The summed E-state index contributed by atoms with van der Waals surface area (Å²) in [6.07, 6.45) is 1.54. The molecule has 2 aromatic rings. The van der Waals surface area contributed by atoms with Gasteiger partial charge in [0.15, 0.2) is 16.1 Å². The number of aliphatic imine (C=N–C) groups is 1. The van der Waals surface area contributed by atoms with Gasteiger partial charge in [0.05, 0.1) is 0 Å². The van der Waals surface area contributed by atoms with Crippen LogP contribution in [-0.4, -0.2) is 17.8 Å². The van der Waals surface area contributed by atoms with Gasteiger partial charge in [0.2, 0.25) is 0 Å². The molecular weight excluding hydrogens is 366 g/mol. The minimum atomic E-state index is -0.578. The van der Waals surface area contributed by atoms with Gasteiger partial charge in [-0.1, -0.05) is 12.1 Å². The third-order valence-corrected chi connectivity index (χ3v) is 3.25. The molecule has 1 aromatic carbocycles. The Hall–Kier alpha value is -2.67. The maximum absolute atomic E-state index is 11.9. The predicted octanol–water partition coefficient (Wildman–Crippen LogP) is 3.31. The fourth-order valence-electron chi connectivity index (χ4n) is 1.94. The van der Waals surface area contributed by atoms with Crippen LogP contribution < -0.4 is 4.74 Å². The fraction of sp³-hybridized carbons (Fsp3) is 0.0625. The number of carbonyl (C=O) groups is 2. The van der Waals surface area contributed by atoms with E-state index in [1.165, 1.54) is 6.92 Å². The lowest BCUT2D eigenvalue weighted by molar-refractivity contribution is -0.132. The van der Waals surface area contributed by atoms with E-state index in [-0.39, 0.29) is 11.6 Å². The summed E-state index contributed by atoms with van der Waals surface area (Å²) < 4.78 is 15.9. The van der Waals surface area contributed by atoms with Crippen molar-refractivity contribution in [1.82, 2.24) is 0 Å². The van der Waals surface area contributed by atoms with E-state index < -0.39 is 11.9 Å². The maximum Gasteiger partial charge on any atom is 0.363 e. The molecule has 0 bridgehead atoms. The van der Waals surface area contributed by atoms with Crippen LogP contribution in [0.1, 0.15) is 18.2 Å². The first-order valence-electron chi connectivity index (χ1n) is 6.58. The number of hydrogen-bond acceptors (Lipinski definition) is 6. The van der Waals surface area contributed by atoms with Crippen molar-refractivity contribution in [2.45, 2.75) is 6.92 Å². The zero-order valence-corrected chi connectivity index (χ0v) is 13.5. The van der Waals surface area contributed by atoms with E-state index >= 15 is 0 Å². The van der Waals surface area contributed by atoms with Crippen molar-refractivity contribution in [2.75, 3.05) is 0 Å². The molecule has 0 fully saturated rings. The lowest BCUT2D eigenvalue weighted by Gasteiger charge is -2.01. The second-order valence-electron chi connectivity index (χ2n) is 4.61. The first kappa shape index (κ1) is 15.2. The fourth-order valence-corrected chi connectivity index (χ4v) is 2.24. The van der Waals surface area contributed by atoms with E-state index in [4.69, 9.17) is 13.9 Å². The Morgan fingerprint density at radius 2 is 2.13 bits per heavy atom. The van der Waals surface area contributed by atoms with Gasteiger partial charge < -0.3 is 13.9 Å². The number of esters is 2. The van der Waals surface area contributed by atoms with Gasteiger partial charge in [-0.25, -0.2) is 9.79 Å². The van der Waals surface area contributed by atoms with Gasteiger partial charge in [0.25, 0.3) is 5.90 Å². The predicted molar refractivity (Wildman–Crippen MR) is 84.8 cm³/mol. The molecule has 0 aliphatic carbocycles. The van der Waals surface area contributed by atoms with Crippen molar-refractivity contribution in [3.8, 4) is 5.75 Å². The van der Waals surface area contributed by atoms with E-state index in [0.29, 0.717) is 21.7 Å². The molecule has 0 unspecified atom stereocenters. The van der Waals surface area contributed by atoms with Crippen molar-refractivity contribution in [3.05, 3.63) is 58.1 Å². The van der Waals surface area contributed by atoms with Crippen molar-refractivity contribution in [1.29, 1.82) is 0 Å². The highest BCUT2D eigenvalue weighted by molar-refractivity contribution is 9.10. The number of ether oxygens (including phenoxy) is 2. The first-order chi connectivity index (χ1) is 11.0. The number of rotatable bonds is 3. The summed E-state index contributed by atoms with van der Waals surface area (Å²) in [6, 6.07) is 10.0. The van der Waals surface area contributed by atoms with Crippen molar-refractivity contribution in [2.24, 2.45) is 4.99 Å². The third-order valence-electron chi connectivity index (χ3n) is 2.83. The topological polar surface area (TPSA) is 78.1 Å². The van der Waals surface area contributed by atoms with E-state index in [1.54, 1.807) is 42.5 Å². The number of hydrogen-bond donors (Lipinski definition) is 0. The number of cyclic esters (lactones) is 1. The smallest absolute Gasteiger partial charge is 0.363 e. The number of benzene rings is 1. The Morgan fingerprint density at radius 3 is 2.83 bits per heavy atom. The highest BCUT2D eigenvalue weighted by atomic mass is 79.9. The van der Waals surface area contributed by atoms with Crippen molar-refractivity contribution < 1.29 is 23.5 Å². The first-order valence-corrected chi connectivity index (χ1v) is 7.37. The minimum Gasteiger partial charge on any atom is -0.444 e. The summed E-state index contributed by atoms with van der Waals surface area (Å²) in [5.74, 6) is -0.160. The van der Waals surface area contributed by atoms with Crippen LogP contribution in [0.5, 0.6) is 5.75 Å². The average Bonchev–Trinajstić information content (AvgIpc) is 3.06. The van der Waals surface area contributed by atoms with E-state index in [9.17, 15) is 9.59 Å². The van der Waals surface area contributed by atoms with E-state index in [1.807, 2.05) is 0 Å². The Labute approximate surface area is 139 Å². The standard InChI is InChI=1S/C16H10BrNO5/c1-9(19)21-11-4-2-3-10(7-11)8-12-16(20)23-15(18-12)13-5-6-14(17)22-13/h2-8H,1H3/b12-8-. The van der Waals surface area contributed by atoms with Gasteiger partial charge in [-0.15, -0.1) is 0 Å². The Bertz CT molecular complexity index is 850. The molecule has 1 aromatic heterocycles. The molecule has 0 amide bonds. The van der Waals surface area contributed by atoms with Gasteiger partial charge in [-0.05, 0) is 51.8 Å². The number of nitrogens with zero attached hydrogens (tertiary/aromatic N) is 1. The van der Waals surface area contributed by atoms with Crippen LogP contribution in [-0.2, 0) is 14.3 Å². The van der Waals surface area contributed by atoms with Crippen molar-refractivity contribution in [3.63, 3.8) is 0 Å². The van der Waals surface area contributed by atoms with E-state index in [0.717, 1.165) is 0 Å². The van der Waals surface area contributed by atoms with Gasteiger partial charge >= 0.3 is 11.9 Å². The molecule has 3 rings (SSSR count). The van der Waals surface area contributed by atoms with Crippen LogP contribution in [0.4, 0.5) is 0 Å². The second kappa shape index (κ2) is 6.21. The SMILES string of the molecule is CC(=O)Oc1cccc(/C=C2\N=C(c3ccc(Br)o3)OC2=O)c1.